The molecule has 1 saturated heterocycles. The molecule has 0 spiro atoms. The number of hydrogen-bond acceptors (Lipinski definition) is 5. The summed E-state index contributed by atoms with van der Waals surface area (Å²) < 4.78 is 10.3. The molecule has 2 N–H and O–H groups in total. The molecule has 88 valence electrons. The average molecular weight is 225 g/mol. The van der Waals surface area contributed by atoms with Crippen molar-refractivity contribution in [2.75, 3.05) is 26.2 Å². The topological polar surface area (TPSA) is 81.6 Å². The lowest BCUT2D eigenvalue weighted by atomic mass is 10.2. The highest BCUT2D eigenvalue weighted by Crippen LogP contribution is 2.13. The van der Waals surface area contributed by atoms with E-state index in [4.69, 9.17) is 15.0 Å². The van der Waals surface area contributed by atoms with Crippen molar-refractivity contribution >= 4 is 5.91 Å². The molecular weight excluding hydrogens is 210 g/mol. The zero-order chi connectivity index (χ0) is 11.5. The van der Waals surface area contributed by atoms with Gasteiger partial charge in [0.1, 0.15) is 0 Å². The van der Waals surface area contributed by atoms with Gasteiger partial charge in [-0.1, -0.05) is 5.16 Å². The number of ether oxygens (including phenoxy) is 1. The Morgan fingerprint density at radius 3 is 3.19 bits per heavy atom. The van der Waals surface area contributed by atoms with Crippen molar-refractivity contribution in [3.8, 4) is 0 Å². The highest BCUT2D eigenvalue weighted by Gasteiger charge is 2.27. The Hall–Kier alpha value is -1.40. The van der Waals surface area contributed by atoms with Gasteiger partial charge in [0.25, 0.3) is 5.91 Å². The van der Waals surface area contributed by atoms with Crippen molar-refractivity contribution in [2.24, 2.45) is 5.73 Å². The number of morpholine rings is 1. The lowest BCUT2D eigenvalue weighted by Crippen LogP contribution is -2.48. The Morgan fingerprint density at radius 1 is 1.75 bits per heavy atom. The van der Waals surface area contributed by atoms with E-state index in [9.17, 15) is 4.79 Å². The number of nitrogens with two attached hydrogens (primary N) is 1. The Labute approximate surface area is 93.3 Å². The van der Waals surface area contributed by atoms with Crippen LogP contribution in [0.2, 0.25) is 0 Å². The second kappa shape index (κ2) is 4.63. The number of carbonyl (C=O) groups excluding carboxylic acids is 1. The molecule has 6 heteroatoms. The lowest BCUT2D eigenvalue weighted by molar-refractivity contribution is -0.0180. The van der Waals surface area contributed by atoms with E-state index >= 15 is 0 Å². The van der Waals surface area contributed by atoms with Gasteiger partial charge >= 0.3 is 0 Å². The summed E-state index contributed by atoms with van der Waals surface area (Å²) in [5, 5.41) is 3.60. The van der Waals surface area contributed by atoms with Crippen LogP contribution in [-0.4, -0.2) is 48.3 Å². The molecule has 1 amide bonds. The van der Waals surface area contributed by atoms with Crippen molar-refractivity contribution in [1.29, 1.82) is 0 Å². The molecule has 2 rings (SSSR count). The maximum atomic E-state index is 12.0. The second-order valence-electron chi connectivity index (χ2n) is 3.82. The highest BCUT2D eigenvalue weighted by atomic mass is 16.5. The number of aryl methyl sites for hydroxylation is 1. The van der Waals surface area contributed by atoms with Gasteiger partial charge in [-0.2, -0.15) is 0 Å². The summed E-state index contributed by atoms with van der Waals surface area (Å²) in [5.74, 6) is 0.162. The molecule has 6 nitrogen and oxygen atoms in total. The quantitative estimate of drug-likeness (QED) is 0.752. The lowest BCUT2D eigenvalue weighted by Gasteiger charge is -2.31. The molecule has 1 aliphatic heterocycles. The van der Waals surface area contributed by atoms with Gasteiger partial charge in [0.2, 0.25) is 5.76 Å². The molecule has 0 saturated carbocycles. The molecule has 0 bridgehead atoms. The third-order valence-electron chi connectivity index (χ3n) is 2.63. The number of hydrogen-bond donors (Lipinski definition) is 1. The number of rotatable bonds is 2. The monoisotopic (exact) mass is 225 g/mol. The molecule has 1 unspecified atom stereocenters. The van der Waals surface area contributed by atoms with Gasteiger partial charge in [-0.25, -0.2) is 0 Å². The molecule has 16 heavy (non-hydrogen) atoms. The van der Waals surface area contributed by atoms with Crippen LogP contribution in [0.3, 0.4) is 0 Å². The first kappa shape index (κ1) is 11.1. The van der Waals surface area contributed by atoms with Crippen molar-refractivity contribution in [3.05, 3.63) is 17.5 Å². The summed E-state index contributed by atoms with van der Waals surface area (Å²) in [6, 6.07) is 0. The van der Waals surface area contributed by atoms with E-state index in [0.29, 0.717) is 32.0 Å². The summed E-state index contributed by atoms with van der Waals surface area (Å²) in [5.41, 5.74) is 6.27. The SMILES string of the molecule is Cc1cnoc1C(=O)N1CCOC(CN)C1. The Balaban J connectivity index is 2.07. The molecule has 1 atom stereocenters. The van der Waals surface area contributed by atoms with Gasteiger partial charge in [-0.05, 0) is 6.92 Å². The van der Waals surface area contributed by atoms with E-state index in [2.05, 4.69) is 5.16 Å². The van der Waals surface area contributed by atoms with Crippen LogP contribution in [-0.2, 0) is 4.74 Å². The molecule has 0 aromatic carbocycles. The van der Waals surface area contributed by atoms with Gasteiger partial charge in [0, 0.05) is 25.2 Å². The first-order valence-corrected chi connectivity index (χ1v) is 5.24. The molecule has 0 aliphatic carbocycles. The van der Waals surface area contributed by atoms with Crippen LogP contribution in [0.1, 0.15) is 16.1 Å². The van der Waals surface area contributed by atoms with Gasteiger partial charge in [-0.3, -0.25) is 4.79 Å². The first-order chi connectivity index (χ1) is 7.72. The Kier molecular flexibility index (Phi) is 3.21. The third-order valence-corrected chi connectivity index (χ3v) is 2.63. The molecule has 1 aliphatic rings. The zero-order valence-corrected chi connectivity index (χ0v) is 9.18. The third kappa shape index (κ3) is 2.07. The van der Waals surface area contributed by atoms with E-state index in [0.717, 1.165) is 5.56 Å². The van der Waals surface area contributed by atoms with Crippen molar-refractivity contribution < 1.29 is 14.1 Å². The Morgan fingerprint density at radius 2 is 2.56 bits per heavy atom. The average Bonchev–Trinajstić information content (AvgIpc) is 2.74. The van der Waals surface area contributed by atoms with Gasteiger partial charge in [-0.15, -0.1) is 0 Å². The highest BCUT2D eigenvalue weighted by molar-refractivity contribution is 5.92. The summed E-state index contributed by atoms with van der Waals surface area (Å²) >= 11 is 0. The molecular formula is C10H15N3O3. The number of nitrogens with zero attached hydrogens (tertiary/aromatic N) is 2. The van der Waals surface area contributed by atoms with E-state index in [1.165, 1.54) is 6.20 Å². The van der Waals surface area contributed by atoms with Crippen LogP contribution >= 0.6 is 0 Å². The first-order valence-electron chi connectivity index (χ1n) is 5.24. The zero-order valence-electron chi connectivity index (χ0n) is 9.18. The summed E-state index contributed by atoms with van der Waals surface area (Å²) in [7, 11) is 0. The summed E-state index contributed by atoms with van der Waals surface area (Å²) in [4.78, 5) is 13.7. The smallest absolute Gasteiger partial charge is 0.292 e. The predicted molar refractivity (Wildman–Crippen MR) is 55.9 cm³/mol. The van der Waals surface area contributed by atoms with Crippen LogP contribution in [0.4, 0.5) is 0 Å². The van der Waals surface area contributed by atoms with E-state index in [1.807, 2.05) is 0 Å². The maximum Gasteiger partial charge on any atom is 0.292 e. The van der Waals surface area contributed by atoms with E-state index < -0.39 is 0 Å². The van der Waals surface area contributed by atoms with Gasteiger partial charge in [0.05, 0.1) is 18.9 Å². The standard InChI is InChI=1S/C10H15N3O3/c1-7-5-12-16-9(7)10(14)13-2-3-15-8(4-11)6-13/h5,8H,2-4,6,11H2,1H3. The van der Waals surface area contributed by atoms with Crippen LogP contribution in [0.15, 0.2) is 10.7 Å². The second-order valence-corrected chi connectivity index (χ2v) is 3.82. The predicted octanol–water partition coefficient (Wildman–Crippen LogP) is -0.217. The summed E-state index contributed by atoms with van der Waals surface area (Å²) in [6.07, 6.45) is 1.45. The van der Waals surface area contributed by atoms with Crippen LogP contribution in [0.5, 0.6) is 0 Å². The fourth-order valence-electron chi connectivity index (χ4n) is 1.69. The number of aromatic nitrogens is 1. The normalized spacial score (nSPS) is 21.1. The minimum atomic E-state index is -0.142. The molecule has 1 aromatic heterocycles. The van der Waals surface area contributed by atoms with Crippen molar-refractivity contribution in [2.45, 2.75) is 13.0 Å². The van der Waals surface area contributed by atoms with Gasteiger partial charge in [0.15, 0.2) is 0 Å². The fourth-order valence-corrected chi connectivity index (χ4v) is 1.69. The van der Waals surface area contributed by atoms with Crippen LogP contribution in [0, 0.1) is 6.92 Å². The van der Waals surface area contributed by atoms with Crippen molar-refractivity contribution in [3.63, 3.8) is 0 Å². The minimum absolute atomic E-state index is 0.0825. The fraction of sp³-hybridized carbons (Fsp3) is 0.600. The number of carbonyl (C=O) groups is 1. The summed E-state index contributed by atoms with van der Waals surface area (Å²) in [6.45, 7) is 3.80. The molecule has 0 radical (unpaired) electrons. The Bertz CT molecular complexity index is 377. The van der Waals surface area contributed by atoms with Crippen molar-refractivity contribution in [1.82, 2.24) is 10.1 Å². The minimum Gasteiger partial charge on any atom is -0.373 e. The van der Waals surface area contributed by atoms with Crippen LogP contribution in [0.25, 0.3) is 0 Å². The van der Waals surface area contributed by atoms with Crippen LogP contribution < -0.4 is 5.73 Å². The van der Waals surface area contributed by atoms with E-state index in [1.54, 1.807) is 11.8 Å². The molecule has 1 aromatic rings. The molecule has 2 heterocycles. The van der Waals surface area contributed by atoms with Gasteiger partial charge < -0.3 is 19.9 Å². The maximum absolute atomic E-state index is 12.0. The van der Waals surface area contributed by atoms with E-state index in [-0.39, 0.29) is 12.0 Å². The molecule has 1 fully saturated rings. The number of amides is 1. The largest absolute Gasteiger partial charge is 0.373 e.